The number of fused-ring (bicyclic) bond motifs is 3. The van der Waals surface area contributed by atoms with E-state index in [4.69, 9.17) is 13.9 Å². The molecule has 0 spiro atoms. The number of rotatable bonds is 5. The van der Waals surface area contributed by atoms with Crippen molar-refractivity contribution in [3.05, 3.63) is 82.7 Å². The highest BCUT2D eigenvalue weighted by atomic mass is 16.5. The molecule has 0 aliphatic carbocycles. The molecule has 1 atom stereocenters. The summed E-state index contributed by atoms with van der Waals surface area (Å²) >= 11 is 0. The molecule has 28 heavy (non-hydrogen) atoms. The molecule has 4 aromatic rings. The van der Waals surface area contributed by atoms with Gasteiger partial charge in [0, 0.05) is 16.8 Å². The maximum atomic E-state index is 12.4. The number of hydrogen-bond donors (Lipinski definition) is 0. The van der Waals surface area contributed by atoms with E-state index < -0.39 is 17.7 Å². The maximum Gasteiger partial charge on any atom is 0.344 e. The van der Waals surface area contributed by atoms with Crippen molar-refractivity contribution in [3.63, 3.8) is 0 Å². The average Bonchev–Trinajstić information content (AvgIpc) is 2.72. The predicted molar refractivity (Wildman–Crippen MR) is 101 cm³/mol. The number of methoxy groups -OCH3 is 1. The van der Waals surface area contributed by atoms with Crippen molar-refractivity contribution in [1.29, 1.82) is 0 Å². The molecule has 1 aromatic heterocycles. The van der Waals surface area contributed by atoms with Crippen molar-refractivity contribution in [1.82, 2.24) is 0 Å². The fourth-order valence-electron chi connectivity index (χ4n) is 3.11. The summed E-state index contributed by atoms with van der Waals surface area (Å²) in [5, 5.41) is 13.3. The first kappa shape index (κ1) is 17.6. The predicted octanol–water partition coefficient (Wildman–Crippen LogP) is 2.82. The van der Waals surface area contributed by atoms with Crippen molar-refractivity contribution >= 4 is 27.7 Å². The number of benzene rings is 3. The third-order valence-electron chi connectivity index (χ3n) is 4.46. The quantitative estimate of drug-likeness (QED) is 0.394. The molecule has 6 heteroatoms. The van der Waals surface area contributed by atoms with E-state index in [1.165, 1.54) is 13.2 Å². The lowest BCUT2D eigenvalue weighted by atomic mass is 10.1. The van der Waals surface area contributed by atoms with E-state index in [1.54, 1.807) is 60.7 Å². The Balaban J connectivity index is 1.78. The monoisotopic (exact) mass is 375 g/mol. The second-order valence-corrected chi connectivity index (χ2v) is 6.19. The minimum absolute atomic E-state index is 0.251. The van der Waals surface area contributed by atoms with Crippen molar-refractivity contribution in [2.45, 2.75) is 6.10 Å². The van der Waals surface area contributed by atoms with Crippen LogP contribution in [-0.4, -0.2) is 13.1 Å². The largest absolute Gasteiger partial charge is 0.546 e. The fourth-order valence-corrected chi connectivity index (χ4v) is 3.11. The van der Waals surface area contributed by atoms with Gasteiger partial charge in [-0.05, 0) is 35.9 Å². The molecule has 0 amide bonds. The van der Waals surface area contributed by atoms with E-state index in [0.29, 0.717) is 33.1 Å². The Morgan fingerprint density at radius 1 is 0.929 bits per heavy atom. The summed E-state index contributed by atoms with van der Waals surface area (Å²) in [5.41, 5.74) is 0.234. The molecule has 0 radical (unpaired) electrons. The van der Waals surface area contributed by atoms with E-state index in [0.717, 1.165) is 0 Å². The first-order chi connectivity index (χ1) is 13.6. The molecule has 140 valence electrons. The van der Waals surface area contributed by atoms with Crippen LogP contribution in [0.4, 0.5) is 0 Å². The molecular formula is C22H15O6-. The number of ether oxygens (including phenoxy) is 2. The van der Waals surface area contributed by atoms with Crippen LogP contribution in [0, 0.1) is 0 Å². The van der Waals surface area contributed by atoms with Crippen LogP contribution in [-0.2, 0) is 4.79 Å². The summed E-state index contributed by atoms with van der Waals surface area (Å²) < 4.78 is 16.2. The number of carbonyl (C=O) groups is 1. The normalized spacial score (nSPS) is 12.0. The molecule has 0 aliphatic heterocycles. The summed E-state index contributed by atoms with van der Waals surface area (Å²) in [4.78, 5) is 23.9. The standard InChI is InChI=1S/C22H16O6/c1-26-14-7-9-16-17-10-8-15(12-19(17)28-22(25)18(16)11-14)27-20(21(23)24)13-5-3-2-4-6-13/h2-12,20H,1H3,(H,23,24)/p-1/t20-/m1/s1. The molecule has 0 saturated carbocycles. The SMILES string of the molecule is COc1ccc2c(c1)c(=O)oc1cc(O[C@@H](C(=O)[O-])c3ccccc3)ccc12. The summed E-state index contributed by atoms with van der Waals surface area (Å²) in [6.07, 6.45) is -1.28. The Morgan fingerprint density at radius 3 is 2.36 bits per heavy atom. The zero-order valence-electron chi connectivity index (χ0n) is 14.9. The Hall–Kier alpha value is -3.80. The molecular weight excluding hydrogens is 360 g/mol. The first-order valence-electron chi connectivity index (χ1n) is 8.54. The summed E-state index contributed by atoms with van der Waals surface area (Å²) in [5.74, 6) is -0.557. The van der Waals surface area contributed by atoms with Crippen LogP contribution in [0.15, 0.2) is 75.9 Å². The Bertz CT molecular complexity index is 1230. The second kappa shape index (κ2) is 7.08. The molecule has 0 N–H and O–H groups in total. The molecule has 0 unspecified atom stereocenters. The minimum atomic E-state index is -1.36. The molecule has 0 fully saturated rings. The molecule has 3 aromatic carbocycles. The summed E-state index contributed by atoms with van der Waals surface area (Å²) in [6.45, 7) is 0. The van der Waals surface area contributed by atoms with Gasteiger partial charge in [0.1, 0.15) is 17.1 Å². The van der Waals surface area contributed by atoms with E-state index in [9.17, 15) is 14.7 Å². The summed E-state index contributed by atoms with van der Waals surface area (Å²) in [7, 11) is 1.52. The van der Waals surface area contributed by atoms with Gasteiger partial charge in [-0.15, -0.1) is 0 Å². The van der Waals surface area contributed by atoms with Crippen LogP contribution in [0.5, 0.6) is 11.5 Å². The van der Waals surface area contributed by atoms with E-state index in [-0.39, 0.29) is 5.75 Å². The van der Waals surface area contributed by atoms with Gasteiger partial charge in [-0.3, -0.25) is 0 Å². The Labute approximate surface area is 159 Å². The molecule has 0 aliphatic rings. The van der Waals surface area contributed by atoms with Crippen LogP contribution in [0.3, 0.4) is 0 Å². The molecule has 0 saturated heterocycles. The van der Waals surface area contributed by atoms with Gasteiger partial charge in [0.25, 0.3) is 0 Å². The lowest BCUT2D eigenvalue weighted by molar-refractivity contribution is -0.314. The second-order valence-electron chi connectivity index (χ2n) is 6.19. The lowest BCUT2D eigenvalue weighted by Crippen LogP contribution is -2.33. The van der Waals surface area contributed by atoms with Gasteiger partial charge < -0.3 is 23.8 Å². The lowest BCUT2D eigenvalue weighted by Gasteiger charge is -2.20. The van der Waals surface area contributed by atoms with Gasteiger partial charge in [-0.25, -0.2) is 4.79 Å². The number of aliphatic carboxylic acids is 1. The number of hydrogen-bond acceptors (Lipinski definition) is 6. The van der Waals surface area contributed by atoms with Crippen molar-refractivity contribution in [3.8, 4) is 11.5 Å². The smallest absolute Gasteiger partial charge is 0.344 e. The van der Waals surface area contributed by atoms with Gasteiger partial charge in [0.2, 0.25) is 0 Å². The zero-order valence-corrected chi connectivity index (χ0v) is 14.9. The van der Waals surface area contributed by atoms with Crippen LogP contribution < -0.4 is 20.2 Å². The van der Waals surface area contributed by atoms with Gasteiger partial charge in [-0.1, -0.05) is 30.3 Å². The van der Waals surface area contributed by atoms with Crippen LogP contribution in [0.25, 0.3) is 21.7 Å². The number of carboxylic acid groups (broad SMARTS) is 1. The average molecular weight is 375 g/mol. The van der Waals surface area contributed by atoms with E-state index >= 15 is 0 Å². The third-order valence-corrected chi connectivity index (χ3v) is 4.46. The van der Waals surface area contributed by atoms with Gasteiger partial charge in [0.05, 0.1) is 18.5 Å². The highest BCUT2D eigenvalue weighted by Gasteiger charge is 2.16. The van der Waals surface area contributed by atoms with Crippen LogP contribution >= 0.6 is 0 Å². The third kappa shape index (κ3) is 3.16. The van der Waals surface area contributed by atoms with Crippen molar-refractivity contribution in [2.24, 2.45) is 0 Å². The molecule has 6 nitrogen and oxygen atoms in total. The van der Waals surface area contributed by atoms with Crippen molar-refractivity contribution in [2.75, 3.05) is 7.11 Å². The molecule has 1 heterocycles. The van der Waals surface area contributed by atoms with Gasteiger partial charge in [0.15, 0.2) is 6.10 Å². The highest BCUT2D eigenvalue weighted by molar-refractivity contribution is 6.04. The van der Waals surface area contributed by atoms with Crippen LogP contribution in [0.1, 0.15) is 11.7 Å². The Kier molecular flexibility index (Phi) is 4.45. The number of carbonyl (C=O) groups excluding carboxylic acids is 1. The van der Waals surface area contributed by atoms with Gasteiger partial charge >= 0.3 is 5.63 Å². The topological polar surface area (TPSA) is 88.8 Å². The molecule has 0 bridgehead atoms. The zero-order chi connectivity index (χ0) is 19.7. The summed E-state index contributed by atoms with van der Waals surface area (Å²) in [6, 6.07) is 18.5. The molecule has 4 rings (SSSR count). The van der Waals surface area contributed by atoms with Gasteiger partial charge in [-0.2, -0.15) is 0 Å². The van der Waals surface area contributed by atoms with Crippen molar-refractivity contribution < 1.29 is 23.8 Å². The highest BCUT2D eigenvalue weighted by Crippen LogP contribution is 2.30. The minimum Gasteiger partial charge on any atom is -0.546 e. The first-order valence-corrected chi connectivity index (χ1v) is 8.54. The van der Waals surface area contributed by atoms with E-state index in [1.807, 2.05) is 0 Å². The van der Waals surface area contributed by atoms with Crippen LogP contribution in [0.2, 0.25) is 0 Å². The Morgan fingerprint density at radius 2 is 1.64 bits per heavy atom. The fraction of sp³-hybridized carbons (Fsp3) is 0.0909. The maximum absolute atomic E-state index is 12.4. The number of carboxylic acids is 1. The van der Waals surface area contributed by atoms with E-state index in [2.05, 4.69) is 0 Å².